The van der Waals surface area contributed by atoms with E-state index in [0.29, 0.717) is 21.2 Å². The number of hydrogen-bond acceptors (Lipinski definition) is 7. The molecule has 2 heterocycles. The summed E-state index contributed by atoms with van der Waals surface area (Å²) in [6.07, 6.45) is 0. The number of fused-ring (bicyclic) bond motifs is 1. The number of nitrogens with zero attached hydrogens (tertiary/aromatic N) is 3. The summed E-state index contributed by atoms with van der Waals surface area (Å²) in [4.78, 5) is 30.9. The highest BCUT2D eigenvalue weighted by Crippen LogP contribution is 2.36. The van der Waals surface area contributed by atoms with E-state index in [1.165, 1.54) is 18.2 Å². The van der Waals surface area contributed by atoms with Gasteiger partial charge in [0.05, 0.1) is 26.6 Å². The van der Waals surface area contributed by atoms with Crippen molar-refractivity contribution in [1.82, 2.24) is 4.98 Å². The molecule has 0 fully saturated rings. The number of nitro benzene ring substituents is 1. The van der Waals surface area contributed by atoms with Gasteiger partial charge < -0.3 is 10.4 Å². The van der Waals surface area contributed by atoms with Crippen LogP contribution in [-0.4, -0.2) is 20.9 Å². The molecule has 0 saturated heterocycles. The van der Waals surface area contributed by atoms with Crippen LogP contribution in [0.2, 0.25) is 5.02 Å². The number of carbonyl (C=O) groups is 1. The Bertz CT molecular complexity index is 1240. The summed E-state index contributed by atoms with van der Waals surface area (Å²) >= 11 is 7.12. The third-order valence-electron chi connectivity index (χ3n) is 3.85. The minimum absolute atomic E-state index is 0.0795. The molecule has 0 atom stereocenters. The number of carbonyl (C=O) groups excluding carboxylic acids is 1. The first-order valence-electron chi connectivity index (χ1n) is 7.57. The van der Waals surface area contributed by atoms with Crippen LogP contribution in [0.15, 0.2) is 47.5 Å². The predicted octanol–water partition coefficient (Wildman–Crippen LogP) is 2.51. The second-order valence-electron chi connectivity index (χ2n) is 5.53. The second-order valence-corrected chi connectivity index (χ2v) is 6.93. The normalized spacial score (nSPS) is 12.6. The van der Waals surface area contributed by atoms with Crippen molar-refractivity contribution in [3.8, 4) is 5.88 Å². The van der Waals surface area contributed by atoms with Gasteiger partial charge in [0.25, 0.3) is 11.6 Å². The Hall–Kier alpha value is -3.30. The third kappa shape index (κ3) is 3.03. The van der Waals surface area contributed by atoms with Gasteiger partial charge in [0.1, 0.15) is 4.88 Å². The van der Waals surface area contributed by atoms with E-state index in [4.69, 9.17) is 11.6 Å². The Balaban J connectivity index is 1.83. The van der Waals surface area contributed by atoms with E-state index in [-0.39, 0.29) is 27.2 Å². The number of thiazole rings is 1. The molecule has 0 unspecified atom stereocenters. The molecule has 0 spiro atoms. The van der Waals surface area contributed by atoms with Gasteiger partial charge in [-0.25, -0.2) is 4.99 Å². The molecule has 3 aromatic rings. The first-order chi connectivity index (χ1) is 12.9. The Labute approximate surface area is 160 Å². The largest absolute Gasteiger partial charge is 0.492 e. The molecule has 10 heteroatoms. The van der Waals surface area contributed by atoms with Crippen molar-refractivity contribution in [2.45, 2.75) is 0 Å². The summed E-state index contributed by atoms with van der Waals surface area (Å²) in [6.45, 7) is 0. The number of halogens is 1. The lowest BCUT2D eigenvalue weighted by Crippen LogP contribution is -2.23. The van der Waals surface area contributed by atoms with Crippen molar-refractivity contribution in [3.63, 3.8) is 0 Å². The van der Waals surface area contributed by atoms with Crippen LogP contribution in [0.1, 0.15) is 4.88 Å². The highest BCUT2D eigenvalue weighted by molar-refractivity contribution is 7.17. The van der Waals surface area contributed by atoms with Crippen molar-refractivity contribution in [1.29, 1.82) is 0 Å². The molecule has 2 N–H and O–H groups in total. The number of anilines is 2. The Morgan fingerprint density at radius 1 is 1.22 bits per heavy atom. The average molecular weight is 401 g/mol. The second kappa shape index (κ2) is 6.45. The maximum absolute atomic E-state index is 12.3. The van der Waals surface area contributed by atoms with Crippen molar-refractivity contribution < 1.29 is 14.8 Å². The highest BCUT2D eigenvalue weighted by Gasteiger charge is 2.26. The summed E-state index contributed by atoms with van der Waals surface area (Å²) in [6, 6.07) is 10.9. The van der Waals surface area contributed by atoms with E-state index in [1.54, 1.807) is 24.3 Å². The minimum atomic E-state index is -0.589. The highest BCUT2D eigenvalue weighted by atomic mass is 35.5. The summed E-state index contributed by atoms with van der Waals surface area (Å²) in [5.41, 5.74) is 0.494. The first-order valence-corrected chi connectivity index (χ1v) is 8.77. The van der Waals surface area contributed by atoms with Crippen LogP contribution in [0, 0.1) is 10.1 Å². The van der Waals surface area contributed by atoms with E-state index in [9.17, 15) is 20.0 Å². The average Bonchev–Trinajstić information content (AvgIpc) is 3.14. The molecule has 27 heavy (non-hydrogen) atoms. The number of para-hydroxylation sites is 1. The van der Waals surface area contributed by atoms with Crippen molar-refractivity contribution in [2.75, 3.05) is 5.32 Å². The minimum Gasteiger partial charge on any atom is -0.492 e. The molecule has 0 aliphatic carbocycles. The van der Waals surface area contributed by atoms with Crippen LogP contribution < -0.4 is 15.9 Å². The molecule has 0 saturated carbocycles. The van der Waals surface area contributed by atoms with Crippen LogP contribution >= 0.6 is 22.9 Å². The topological polar surface area (TPSA) is 118 Å². The van der Waals surface area contributed by atoms with Crippen LogP contribution in [-0.2, 0) is 4.79 Å². The lowest BCUT2D eigenvalue weighted by Gasteiger charge is -2.03. The number of aromatic hydroxyl groups is 1. The number of amides is 1. The zero-order chi connectivity index (χ0) is 19.1. The van der Waals surface area contributed by atoms with Gasteiger partial charge in [-0.1, -0.05) is 35.1 Å². The van der Waals surface area contributed by atoms with Gasteiger partial charge in [0.15, 0.2) is 5.13 Å². The zero-order valence-corrected chi connectivity index (χ0v) is 14.9. The molecular formula is C17H9ClN4O4S. The van der Waals surface area contributed by atoms with E-state index in [0.717, 1.165) is 11.3 Å². The quantitative estimate of drug-likeness (QED) is 0.513. The number of non-ortho nitro benzene ring substituents is 1. The standard InChI is InChI=1S/C17H9ClN4O4S/c18-10-3-1-2-4-12(10)20-17-21-16(24)14(27-17)13-9-7-8(22(25)26)5-6-11(9)19-15(13)23/h1-7,24H,(H,20,21). The summed E-state index contributed by atoms with van der Waals surface area (Å²) in [5, 5.41) is 25.6. The third-order valence-corrected chi connectivity index (χ3v) is 5.16. The Kier molecular flexibility index (Phi) is 4.09. The summed E-state index contributed by atoms with van der Waals surface area (Å²) < 4.78 is 0. The molecule has 1 aliphatic rings. The maximum atomic E-state index is 12.3. The molecule has 0 radical (unpaired) electrons. The van der Waals surface area contributed by atoms with Crippen molar-refractivity contribution in [3.05, 3.63) is 73.1 Å². The monoisotopic (exact) mass is 400 g/mol. The van der Waals surface area contributed by atoms with Gasteiger partial charge in [-0.15, -0.1) is 0 Å². The lowest BCUT2D eigenvalue weighted by molar-refractivity contribution is -0.385. The van der Waals surface area contributed by atoms with Crippen LogP contribution in [0.4, 0.5) is 16.5 Å². The van der Waals surface area contributed by atoms with Gasteiger partial charge in [-0.05, 0) is 18.2 Å². The maximum Gasteiger partial charge on any atom is 0.279 e. The molecule has 1 aliphatic heterocycles. The smallest absolute Gasteiger partial charge is 0.279 e. The van der Waals surface area contributed by atoms with Crippen LogP contribution in [0.5, 0.6) is 5.88 Å². The van der Waals surface area contributed by atoms with Gasteiger partial charge in [0, 0.05) is 17.4 Å². The molecule has 134 valence electrons. The number of nitrogens with one attached hydrogen (secondary N) is 1. The van der Waals surface area contributed by atoms with E-state index in [1.807, 2.05) is 0 Å². The Morgan fingerprint density at radius 2 is 2.00 bits per heavy atom. The zero-order valence-electron chi connectivity index (χ0n) is 13.3. The van der Waals surface area contributed by atoms with E-state index in [2.05, 4.69) is 15.3 Å². The molecule has 1 amide bonds. The number of rotatable bonds is 4. The SMILES string of the molecule is O=C1N=c2ccc([N+](=O)[O-])cc2=C1c1sc(Nc2ccccc2Cl)nc1O. The van der Waals surface area contributed by atoms with Gasteiger partial charge in [0.2, 0.25) is 5.88 Å². The molecule has 0 bridgehead atoms. The summed E-state index contributed by atoms with van der Waals surface area (Å²) in [7, 11) is 0. The van der Waals surface area contributed by atoms with Gasteiger partial charge in [-0.2, -0.15) is 4.98 Å². The fourth-order valence-corrected chi connectivity index (χ4v) is 3.75. The van der Waals surface area contributed by atoms with Crippen molar-refractivity contribution in [2.24, 2.45) is 4.99 Å². The van der Waals surface area contributed by atoms with Crippen LogP contribution in [0.3, 0.4) is 0 Å². The number of hydrogen-bond donors (Lipinski definition) is 2. The molecule has 8 nitrogen and oxygen atoms in total. The molecular weight excluding hydrogens is 392 g/mol. The van der Waals surface area contributed by atoms with Gasteiger partial charge >= 0.3 is 0 Å². The Morgan fingerprint density at radius 3 is 2.74 bits per heavy atom. The van der Waals surface area contributed by atoms with Crippen molar-refractivity contribution >= 4 is 50.9 Å². The molecule has 1 aromatic heterocycles. The van der Waals surface area contributed by atoms with E-state index >= 15 is 0 Å². The van der Waals surface area contributed by atoms with Crippen LogP contribution in [0.25, 0.3) is 5.57 Å². The van der Waals surface area contributed by atoms with E-state index < -0.39 is 10.8 Å². The number of aromatic nitrogens is 1. The molecule has 4 rings (SSSR count). The predicted molar refractivity (Wildman–Crippen MR) is 99.9 cm³/mol. The first kappa shape index (κ1) is 17.1. The fourth-order valence-electron chi connectivity index (χ4n) is 2.64. The molecule has 2 aromatic carbocycles. The number of nitro groups is 1. The summed E-state index contributed by atoms with van der Waals surface area (Å²) in [5.74, 6) is -0.957. The fraction of sp³-hybridized carbons (Fsp3) is 0. The number of benzene rings is 2. The van der Waals surface area contributed by atoms with Gasteiger partial charge in [-0.3, -0.25) is 14.9 Å². The lowest BCUT2D eigenvalue weighted by atomic mass is 10.1.